The van der Waals surface area contributed by atoms with Gasteiger partial charge in [-0.05, 0) is 0 Å². The molecule has 1 aliphatic heterocycles. The van der Waals surface area contributed by atoms with E-state index in [4.69, 9.17) is 11.6 Å². The topological polar surface area (TPSA) is 34.1 Å². The Morgan fingerprint density at radius 2 is 2.00 bits per heavy atom. The molecule has 0 unspecified atom stereocenters. The normalized spacial score (nSPS) is 16.6. The minimum atomic E-state index is 0.549. The van der Waals surface area contributed by atoms with E-state index in [0.717, 1.165) is 5.84 Å². The fourth-order valence-electron chi connectivity index (χ4n) is 0.800. The highest BCUT2D eigenvalue weighted by molar-refractivity contribution is 6.30. The lowest BCUT2D eigenvalue weighted by atomic mass is 10.5. The molecule has 0 saturated heterocycles. The lowest BCUT2D eigenvalue weighted by Gasteiger charge is -2.30. The molecule has 0 radical (unpaired) electrons. The lowest BCUT2D eigenvalue weighted by Crippen LogP contribution is -2.46. The van der Waals surface area contributed by atoms with Crippen molar-refractivity contribution in [3.8, 4) is 0 Å². The standard InChI is InChI=1S/C7H14ClN5/c1-11(2)7-5-6(8)9-13(10-7)12(3)4/h5,9H,1-4H3. The van der Waals surface area contributed by atoms with Gasteiger partial charge in [-0.15, -0.1) is 10.3 Å². The van der Waals surface area contributed by atoms with Crippen LogP contribution >= 0.6 is 11.6 Å². The Morgan fingerprint density at radius 3 is 2.46 bits per heavy atom. The summed E-state index contributed by atoms with van der Waals surface area (Å²) in [5.41, 5.74) is 2.87. The van der Waals surface area contributed by atoms with E-state index >= 15 is 0 Å². The molecule has 0 atom stereocenters. The molecule has 13 heavy (non-hydrogen) atoms. The molecule has 0 saturated carbocycles. The van der Waals surface area contributed by atoms with Gasteiger partial charge in [0.1, 0.15) is 5.16 Å². The Kier molecular flexibility index (Phi) is 3.00. The first-order valence-electron chi connectivity index (χ1n) is 3.88. The highest BCUT2D eigenvalue weighted by Crippen LogP contribution is 2.07. The van der Waals surface area contributed by atoms with Crippen molar-refractivity contribution >= 4 is 17.4 Å². The van der Waals surface area contributed by atoms with Crippen LogP contribution in [-0.2, 0) is 0 Å². The highest BCUT2D eigenvalue weighted by atomic mass is 35.5. The summed E-state index contributed by atoms with van der Waals surface area (Å²) < 4.78 is 0. The number of nitrogens with one attached hydrogen (secondary N) is 1. The maximum absolute atomic E-state index is 5.87. The second kappa shape index (κ2) is 3.85. The predicted octanol–water partition coefficient (Wildman–Crippen LogP) is 0.239. The second-order valence-corrected chi connectivity index (χ2v) is 3.50. The fourth-order valence-corrected chi connectivity index (χ4v) is 0.973. The summed E-state index contributed by atoms with van der Waals surface area (Å²) in [4.78, 5) is 1.89. The summed E-state index contributed by atoms with van der Waals surface area (Å²) in [5.74, 6) is 0.803. The van der Waals surface area contributed by atoms with E-state index in [1.54, 1.807) is 16.3 Å². The first-order chi connectivity index (χ1) is 6.00. The van der Waals surface area contributed by atoms with Gasteiger partial charge in [-0.2, -0.15) is 5.01 Å². The second-order valence-electron chi connectivity index (χ2n) is 3.09. The molecule has 0 fully saturated rings. The van der Waals surface area contributed by atoms with E-state index < -0.39 is 0 Å². The number of hydrogen-bond donors (Lipinski definition) is 1. The summed E-state index contributed by atoms with van der Waals surface area (Å²) in [6, 6.07) is 0. The molecular formula is C7H14ClN5. The third kappa shape index (κ3) is 2.50. The number of hydrogen-bond acceptors (Lipinski definition) is 5. The summed E-state index contributed by atoms with van der Waals surface area (Å²) in [6.45, 7) is 0. The third-order valence-electron chi connectivity index (χ3n) is 1.50. The summed E-state index contributed by atoms with van der Waals surface area (Å²) in [7, 11) is 7.58. The van der Waals surface area contributed by atoms with Gasteiger partial charge >= 0.3 is 0 Å². The molecule has 0 amide bonds. The maximum Gasteiger partial charge on any atom is 0.154 e. The summed E-state index contributed by atoms with van der Waals surface area (Å²) in [6.07, 6.45) is 1.77. The van der Waals surface area contributed by atoms with Gasteiger partial charge in [-0.3, -0.25) is 5.43 Å². The van der Waals surface area contributed by atoms with Gasteiger partial charge < -0.3 is 4.90 Å². The molecule has 6 heteroatoms. The molecule has 1 heterocycles. The smallest absolute Gasteiger partial charge is 0.154 e. The molecule has 0 aromatic carbocycles. The highest BCUT2D eigenvalue weighted by Gasteiger charge is 2.13. The van der Waals surface area contributed by atoms with Crippen molar-refractivity contribution in [3.05, 3.63) is 11.2 Å². The average molecular weight is 204 g/mol. The fraction of sp³-hybridized carbons (Fsp3) is 0.571. The zero-order chi connectivity index (χ0) is 10.0. The molecule has 74 valence electrons. The van der Waals surface area contributed by atoms with Gasteiger partial charge in [-0.1, -0.05) is 11.6 Å². The number of nitrogens with zero attached hydrogens (tertiary/aromatic N) is 4. The number of halogens is 1. The summed E-state index contributed by atoms with van der Waals surface area (Å²) >= 11 is 5.87. The van der Waals surface area contributed by atoms with Crippen molar-refractivity contribution in [2.45, 2.75) is 0 Å². The Balaban J connectivity index is 2.82. The van der Waals surface area contributed by atoms with E-state index in [1.807, 2.05) is 33.1 Å². The van der Waals surface area contributed by atoms with Gasteiger partial charge in [-0.25, -0.2) is 0 Å². The van der Waals surface area contributed by atoms with E-state index in [9.17, 15) is 0 Å². The van der Waals surface area contributed by atoms with Gasteiger partial charge in [0.25, 0.3) is 0 Å². The van der Waals surface area contributed by atoms with Crippen LogP contribution in [0.1, 0.15) is 0 Å². The first-order valence-corrected chi connectivity index (χ1v) is 4.25. The van der Waals surface area contributed by atoms with Crippen LogP contribution in [0, 0.1) is 0 Å². The molecule has 0 aromatic heterocycles. The van der Waals surface area contributed by atoms with Crippen LogP contribution < -0.4 is 5.43 Å². The van der Waals surface area contributed by atoms with Crippen LogP contribution in [0.3, 0.4) is 0 Å². The van der Waals surface area contributed by atoms with Crippen LogP contribution in [0.4, 0.5) is 0 Å². The van der Waals surface area contributed by atoms with E-state index in [1.165, 1.54) is 0 Å². The molecule has 5 nitrogen and oxygen atoms in total. The SMILES string of the molecule is CN(C)C1=NN(N(C)C)NC(Cl)=C1. The van der Waals surface area contributed by atoms with Gasteiger partial charge in [0.2, 0.25) is 0 Å². The minimum Gasteiger partial charge on any atom is -0.361 e. The number of hydrazone groups is 1. The largest absolute Gasteiger partial charge is 0.361 e. The van der Waals surface area contributed by atoms with Crippen LogP contribution in [0.5, 0.6) is 0 Å². The molecule has 0 spiro atoms. The Bertz CT molecular complexity index is 245. The van der Waals surface area contributed by atoms with Crippen molar-refractivity contribution in [2.24, 2.45) is 5.10 Å². The van der Waals surface area contributed by atoms with Gasteiger partial charge in [0.05, 0.1) is 0 Å². The Morgan fingerprint density at radius 1 is 1.38 bits per heavy atom. The zero-order valence-electron chi connectivity index (χ0n) is 8.24. The number of amidine groups is 1. The van der Waals surface area contributed by atoms with Crippen LogP contribution in [0.25, 0.3) is 0 Å². The monoisotopic (exact) mass is 203 g/mol. The molecule has 1 aliphatic rings. The first kappa shape index (κ1) is 10.1. The maximum atomic E-state index is 5.87. The number of likely N-dealkylation sites (N-methyl/N-ethyl adjacent to an activating group) is 1. The van der Waals surface area contributed by atoms with Gasteiger partial charge in [0, 0.05) is 34.3 Å². The summed E-state index contributed by atoms with van der Waals surface area (Å²) in [5, 5.41) is 8.17. The van der Waals surface area contributed by atoms with E-state index in [0.29, 0.717) is 5.16 Å². The van der Waals surface area contributed by atoms with Crippen molar-refractivity contribution in [1.82, 2.24) is 20.6 Å². The predicted molar refractivity (Wildman–Crippen MR) is 53.7 cm³/mol. The van der Waals surface area contributed by atoms with Crippen molar-refractivity contribution < 1.29 is 0 Å². The van der Waals surface area contributed by atoms with Crippen LogP contribution in [-0.4, -0.2) is 49.2 Å². The molecule has 1 rings (SSSR count). The number of hydrazine groups is 2. The van der Waals surface area contributed by atoms with E-state index in [2.05, 4.69) is 10.5 Å². The quantitative estimate of drug-likeness (QED) is 0.620. The molecule has 0 bridgehead atoms. The van der Waals surface area contributed by atoms with Crippen LogP contribution in [0.2, 0.25) is 0 Å². The Labute approximate surface area is 83.2 Å². The van der Waals surface area contributed by atoms with Crippen molar-refractivity contribution in [1.29, 1.82) is 0 Å². The third-order valence-corrected chi connectivity index (χ3v) is 1.69. The Hall–Kier alpha value is -0.940. The minimum absolute atomic E-state index is 0.549. The van der Waals surface area contributed by atoms with Crippen molar-refractivity contribution in [3.63, 3.8) is 0 Å². The zero-order valence-corrected chi connectivity index (χ0v) is 9.00. The van der Waals surface area contributed by atoms with Crippen LogP contribution in [0.15, 0.2) is 16.3 Å². The lowest BCUT2D eigenvalue weighted by molar-refractivity contribution is -0.0142. The van der Waals surface area contributed by atoms with E-state index in [-0.39, 0.29) is 0 Å². The molecule has 0 aromatic rings. The van der Waals surface area contributed by atoms with Crippen molar-refractivity contribution in [2.75, 3.05) is 28.2 Å². The average Bonchev–Trinajstić information content (AvgIpc) is 2.03. The van der Waals surface area contributed by atoms with Gasteiger partial charge in [0.15, 0.2) is 5.84 Å². The number of rotatable bonds is 1. The molecule has 1 N–H and O–H groups in total. The molecular weight excluding hydrogens is 190 g/mol. The molecule has 0 aliphatic carbocycles.